The summed E-state index contributed by atoms with van der Waals surface area (Å²) in [6.45, 7) is 3.83. The highest BCUT2D eigenvalue weighted by Gasteiger charge is 2.21. The minimum atomic E-state index is -3.39. The Morgan fingerprint density at radius 2 is 1.95 bits per heavy atom. The predicted octanol–water partition coefficient (Wildman–Crippen LogP) is 1.40. The Hall–Kier alpha value is -1.40. The molecule has 0 aliphatic heterocycles. The summed E-state index contributed by atoms with van der Waals surface area (Å²) in [6, 6.07) is 5.63. The van der Waals surface area contributed by atoms with Gasteiger partial charge in [0.25, 0.3) is 0 Å². The Morgan fingerprint density at radius 3 is 2.47 bits per heavy atom. The zero-order valence-corrected chi connectivity index (χ0v) is 12.2. The largest absolute Gasteiger partial charge is 0.324 e. The maximum atomic E-state index is 12.0. The number of hydrogen-bond acceptors (Lipinski definition) is 4. The van der Waals surface area contributed by atoms with Gasteiger partial charge in [-0.05, 0) is 18.1 Å². The number of carbonyl (C=O) groups is 1. The molecule has 19 heavy (non-hydrogen) atoms. The number of para-hydroxylation sites is 1. The summed E-state index contributed by atoms with van der Waals surface area (Å²) < 4.78 is 23.2. The highest BCUT2D eigenvalue weighted by atomic mass is 32.2. The molecule has 0 bridgehead atoms. The number of nitrogens with one attached hydrogen (secondary N) is 1. The smallest absolute Gasteiger partial charge is 0.241 e. The average molecular weight is 284 g/mol. The first-order valence-corrected chi connectivity index (χ1v) is 8.02. The average Bonchev–Trinajstić information content (AvgIpc) is 2.36. The second-order valence-electron chi connectivity index (χ2n) is 4.67. The third kappa shape index (κ3) is 4.04. The van der Waals surface area contributed by atoms with E-state index < -0.39 is 15.9 Å². The van der Waals surface area contributed by atoms with Gasteiger partial charge in [0.15, 0.2) is 9.84 Å². The summed E-state index contributed by atoms with van der Waals surface area (Å²) >= 11 is 0. The van der Waals surface area contributed by atoms with Crippen LogP contribution in [0.4, 0.5) is 5.69 Å². The molecule has 0 heterocycles. The van der Waals surface area contributed by atoms with Gasteiger partial charge in [0.2, 0.25) is 5.91 Å². The zero-order valence-electron chi connectivity index (χ0n) is 11.4. The second kappa shape index (κ2) is 6.16. The topological polar surface area (TPSA) is 89.3 Å². The van der Waals surface area contributed by atoms with Gasteiger partial charge in [-0.3, -0.25) is 4.79 Å². The van der Waals surface area contributed by atoms with Crippen LogP contribution in [0.5, 0.6) is 0 Å². The fourth-order valence-electron chi connectivity index (χ4n) is 1.62. The van der Waals surface area contributed by atoms with Gasteiger partial charge < -0.3 is 11.1 Å². The molecule has 0 saturated heterocycles. The highest BCUT2D eigenvalue weighted by Crippen LogP contribution is 2.21. The minimum absolute atomic E-state index is 0.0328. The van der Waals surface area contributed by atoms with Crippen molar-refractivity contribution >= 4 is 21.4 Å². The van der Waals surface area contributed by atoms with E-state index in [4.69, 9.17) is 5.73 Å². The van der Waals surface area contributed by atoms with E-state index in [2.05, 4.69) is 5.32 Å². The highest BCUT2D eigenvalue weighted by molar-refractivity contribution is 7.90. The molecular formula is C13H20N2O3S. The van der Waals surface area contributed by atoms with Crippen LogP contribution in [0, 0.1) is 5.92 Å². The van der Waals surface area contributed by atoms with Gasteiger partial charge in [-0.15, -0.1) is 0 Å². The Balaban J connectivity index is 2.98. The van der Waals surface area contributed by atoms with Gasteiger partial charge in [-0.2, -0.15) is 0 Å². The number of carbonyl (C=O) groups excluding carboxylic acids is 1. The van der Waals surface area contributed by atoms with Crippen LogP contribution in [-0.2, 0) is 14.6 Å². The molecule has 0 aliphatic rings. The Labute approximate surface area is 114 Å². The molecule has 0 fully saturated rings. The standard InChI is InChI=1S/C13H20N2O3S/c1-4-9(2)12(14)13(16)15-10-7-5-6-8-11(10)19(3,17)18/h5-9,12H,4,14H2,1-3H3,(H,15,16)/t9?,12-/m0/s1. The quantitative estimate of drug-likeness (QED) is 0.855. The van der Waals surface area contributed by atoms with E-state index in [1.165, 1.54) is 6.07 Å². The maximum Gasteiger partial charge on any atom is 0.241 e. The molecule has 0 saturated carbocycles. The lowest BCUT2D eigenvalue weighted by atomic mass is 9.99. The first-order chi connectivity index (χ1) is 8.77. The lowest BCUT2D eigenvalue weighted by Gasteiger charge is -2.18. The third-order valence-corrected chi connectivity index (χ3v) is 4.26. The molecule has 1 amide bonds. The first kappa shape index (κ1) is 15.7. The van der Waals surface area contributed by atoms with E-state index in [1.54, 1.807) is 18.2 Å². The second-order valence-corrected chi connectivity index (χ2v) is 6.65. The molecule has 106 valence electrons. The van der Waals surface area contributed by atoms with E-state index in [0.717, 1.165) is 12.7 Å². The van der Waals surface area contributed by atoms with Crippen molar-refractivity contribution < 1.29 is 13.2 Å². The van der Waals surface area contributed by atoms with Crippen LogP contribution in [0.1, 0.15) is 20.3 Å². The Morgan fingerprint density at radius 1 is 1.37 bits per heavy atom. The molecule has 6 heteroatoms. The van der Waals surface area contributed by atoms with Gasteiger partial charge in [0.05, 0.1) is 16.6 Å². The number of rotatable bonds is 5. The summed E-state index contributed by atoms with van der Waals surface area (Å²) in [5, 5.41) is 2.59. The van der Waals surface area contributed by atoms with Crippen molar-refractivity contribution in [1.82, 2.24) is 0 Å². The van der Waals surface area contributed by atoms with Crippen molar-refractivity contribution in [3.8, 4) is 0 Å². The van der Waals surface area contributed by atoms with Crippen LogP contribution in [-0.4, -0.2) is 26.6 Å². The molecule has 0 radical (unpaired) electrons. The van der Waals surface area contributed by atoms with Gasteiger partial charge >= 0.3 is 0 Å². The lowest BCUT2D eigenvalue weighted by molar-refractivity contribution is -0.118. The number of anilines is 1. The Kier molecular flexibility index (Phi) is 5.08. The van der Waals surface area contributed by atoms with Gasteiger partial charge in [-0.1, -0.05) is 32.4 Å². The lowest BCUT2D eigenvalue weighted by Crippen LogP contribution is -2.40. The van der Waals surface area contributed by atoms with Crippen LogP contribution < -0.4 is 11.1 Å². The van der Waals surface area contributed by atoms with E-state index >= 15 is 0 Å². The molecule has 5 nitrogen and oxygen atoms in total. The summed E-state index contributed by atoms with van der Waals surface area (Å²) in [5.41, 5.74) is 6.09. The molecule has 0 aromatic heterocycles. The number of nitrogens with two attached hydrogens (primary N) is 1. The molecule has 1 rings (SSSR count). The summed E-state index contributed by atoms with van der Waals surface area (Å²) in [7, 11) is -3.39. The van der Waals surface area contributed by atoms with Crippen molar-refractivity contribution in [3.05, 3.63) is 24.3 Å². The fraction of sp³-hybridized carbons (Fsp3) is 0.462. The predicted molar refractivity (Wildman–Crippen MR) is 75.6 cm³/mol. The number of hydrogen-bond donors (Lipinski definition) is 2. The number of sulfone groups is 1. The van der Waals surface area contributed by atoms with Crippen molar-refractivity contribution in [3.63, 3.8) is 0 Å². The van der Waals surface area contributed by atoms with Crippen LogP contribution in [0.3, 0.4) is 0 Å². The summed E-state index contributed by atoms with van der Waals surface area (Å²) in [6.07, 6.45) is 1.88. The van der Waals surface area contributed by atoms with Crippen LogP contribution in [0.25, 0.3) is 0 Å². The summed E-state index contributed by atoms with van der Waals surface area (Å²) in [5.74, 6) is -0.337. The zero-order chi connectivity index (χ0) is 14.6. The maximum absolute atomic E-state index is 12.0. The van der Waals surface area contributed by atoms with Crippen molar-refractivity contribution in [1.29, 1.82) is 0 Å². The number of benzene rings is 1. The van der Waals surface area contributed by atoms with E-state index in [1.807, 2.05) is 13.8 Å². The molecule has 0 spiro atoms. The van der Waals surface area contributed by atoms with Crippen molar-refractivity contribution in [2.45, 2.75) is 31.2 Å². The minimum Gasteiger partial charge on any atom is -0.324 e. The monoisotopic (exact) mass is 284 g/mol. The molecule has 1 unspecified atom stereocenters. The van der Waals surface area contributed by atoms with E-state index in [9.17, 15) is 13.2 Å². The van der Waals surface area contributed by atoms with Gasteiger partial charge in [0.1, 0.15) is 0 Å². The fourth-order valence-corrected chi connectivity index (χ4v) is 2.47. The van der Waals surface area contributed by atoms with E-state index in [0.29, 0.717) is 0 Å². The molecular weight excluding hydrogens is 264 g/mol. The van der Waals surface area contributed by atoms with Gasteiger partial charge in [0, 0.05) is 6.26 Å². The SMILES string of the molecule is CCC(C)[C@H](N)C(=O)Nc1ccccc1S(C)(=O)=O. The van der Waals surface area contributed by atoms with Crippen LogP contribution >= 0.6 is 0 Å². The van der Waals surface area contributed by atoms with Crippen LogP contribution in [0.15, 0.2) is 29.2 Å². The number of amides is 1. The molecule has 3 N–H and O–H groups in total. The molecule has 1 aromatic rings. The van der Waals surface area contributed by atoms with Crippen molar-refractivity contribution in [2.24, 2.45) is 11.7 Å². The molecule has 2 atom stereocenters. The first-order valence-electron chi connectivity index (χ1n) is 6.13. The summed E-state index contributed by atoms with van der Waals surface area (Å²) in [4.78, 5) is 12.1. The Bertz CT molecular complexity index is 555. The molecule has 1 aromatic carbocycles. The third-order valence-electron chi connectivity index (χ3n) is 3.10. The van der Waals surface area contributed by atoms with E-state index in [-0.39, 0.29) is 22.4 Å². The van der Waals surface area contributed by atoms with Crippen molar-refractivity contribution in [2.75, 3.05) is 11.6 Å². The van der Waals surface area contributed by atoms with Crippen LogP contribution in [0.2, 0.25) is 0 Å². The molecule has 0 aliphatic carbocycles. The normalized spacial score (nSPS) is 14.7. The van der Waals surface area contributed by atoms with Gasteiger partial charge in [-0.25, -0.2) is 8.42 Å².